The average Bonchev–Trinajstić information content (AvgIpc) is 2.38. The van der Waals surface area contributed by atoms with Gasteiger partial charge in [-0.1, -0.05) is 25.8 Å². The minimum absolute atomic E-state index is 0.0873. The Morgan fingerprint density at radius 1 is 1.32 bits per heavy atom. The van der Waals surface area contributed by atoms with Crippen LogP contribution in [0.4, 0.5) is 5.69 Å². The zero-order valence-corrected chi connectivity index (χ0v) is 13.8. The van der Waals surface area contributed by atoms with E-state index in [2.05, 4.69) is 53.0 Å². The van der Waals surface area contributed by atoms with E-state index >= 15 is 0 Å². The molecule has 1 aliphatic carbocycles. The summed E-state index contributed by atoms with van der Waals surface area (Å²) in [7, 11) is 2.22. The Bertz CT molecular complexity index is 431. The molecule has 0 saturated heterocycles. The van der Waals surface area contributed by atoms with Gasteiger partial charge in [-0.25, -0.2) is 0 Å². The second-order valence-electron chi connectivity index (χ2n) is 5.94. The molecule has 0 aliphatic heterocycles. The molecule has 3 atom stereocenters. The van der Waals surface area contributed by atoms with Crippen LogP contribution in [-0.4, -0.2) is 13.1 Å². The number of benzene rings is 1. The van der Waals surface area contributed by atoms with Gasteiger partial charge in [0.05, 0.1) is 5.69 Å². The van der Waals surface area contributed by atoms with E-state index in [1.54, 1.807) is 0 Å². The molecule has 1 saturated carbocycles. The molecule has 2 N–H and O–H groups in total. The van der Waals surface area contributed by atoms with E-state index in [0.29, 0.717) is 6.04 Å². The van der Waals surface area contributed by atoms with Crippen molar-refractivity contribution in [1.82, 2.24) is 0 Å². The van der Waals surface area contributed by atoms with Gasteiger partial charge < -0.3 is 10.6 Å². The summed E-state index contributed by atoms with van der Waals surface area (Å²) in [6.45, 7) is 4.40. The summed E-state index contributed by atoms with van der Waals surface area (Å²) in [5, 5.41) is 0. The Kier molecular flexibility index (Phi) is 4.91. The van der Waals surface area contributed by atoms with E-state index in [-0.39, 0.29) is 6.04 Å². The smallest absolute Gasteiger partial charge is 0.0510 e. The number of rotatable bonds is 3. The van der Waals surface area contributed by atoms with Crippen LogP contribution in [0.15, 0.2) is 22.7 Å². The number of anilines is 1. The lowest BCUT2D eigenvalue weighted by molar-refractivity contribution is 0.321. The van der Waals surface area contributed by atoms with Gasteiger partial charge in [-0.15, -0.1) is 0 Å². The van der Waals surface area contributed by atoms with Crippen molar-refractivity contribution in [3.63, 3.8) is 0 Å². The van der Waals surface area contributed by atoms with Crippen molar-refractivity contribution < 1.29 is 0 Å². The maximum atomic E-state index is 5.94. The monoisotopic (exact) mass is 324 g/mol. The molecule has 0 radical (unpaired) electrons. The molecule has 2 rings (SSSR count). The Labute approximate surface area is 125 Å². The van der Waals surface area contributed by atoms with Crippen molar-refractivity contribution in [3.05, 3.63) is 28.2 Å². The first-order valence-electron chi connectivity index (χ1n) is 7.28. The Balaban J connectivity index is 2.21. The Hall–Kier alpha value is -0.540. The van der Waals surface area contributed by atoms with Gasteiger partial charge in [-0.2, -0.15) is 0 Å². The molecule has 0 amide bonds. The number of halogens is 1. The fraction of sp³-hybridized carbons (Fsp3) is 0.625. The van der Waals surface area contributed by atoms with Crippen LogP contribution in [0.25, 0.3) is 0 Å². The second-order valence-corrected chi connectivity index (χ2v) is 6.79. The summed E-state index contributed by atoms with van der Waals surface area (Å²) in [5.74, 6) is 0.777. The third-order valence-electron chi connectivity index (χ3n) is 4.44. The normalized spacial score (nSPS) is 25.1. The molecule has 1 aliphatic rings. The van der Waals surface area contributed by atoms with Gasteiger partial charge in [-0.3, -0.25) is 0 Å². The van der Waals surface area contributed by atoms with Crippen LogP contribution in [0, 0.1) is 5.92 Å². The van der Waals surface area contributed by atoms with Gasteiger partial charge in [0.1, 0.15) is 0 Å². The number of hydrogen-bond acceptors (Lipinski definition) is 2. The molecule has 1 aromatic carbocycles. The van der Waals surface area contributed by atoms with Crippen LogP contribution in [0.2, 0.25) is 0 Å². The Morgan fingerprint density at radius 2 is 2.00 bits per heavy atom. The van der Waals surface area contributed by atoms with Gasteiger partial charge in [0.2, 0.25) is 0 Å². The molecule has 2 nitrogen and oxygen atoms in total. The number of nitrogens with zero attached hydrogens (tertiary/aromatic N) is 1. The minimum Gasteiger partial charge on any atom is -0.370 e. The molecular weight excluding hydrogens is 300 g/mol. The average molecular weight is 325 g/mol. The summed E-state index contributed by atoms with van der Waals surface area (Å²) < 4.78 is 1.16. The molecule has 1 aromatic rings. The van der Waals surface area contributed by atoms with Crippen molar-refractivity contribution in [2.45, 2.75) is 51.6 Å². The van der Waals surface area contributed by atoms with E-state index in [0.717, 1.165) is 10.4 Å². The molecule has 0 spiro atoms. The summed E-state index contributed by atoms with van der Waals surface area (Å²) >= 11 is 3.71. The molecule has 0 aromatic heterocycles. The summed E-state index contributed by atoms with van der Waals surface area (Å²) in [6.07, 6.45) is 5.40. The van der Waals surface area contributed by atoms with Crippen LogP contribution in [-0.2, 0) is 0 Å². The second kappa shape index (κ2) is 6.27. The fourth-order valence-electron chi connectivity index (χ4n) is 3.14. The molecule has 3 heteroatoms. The summed E-state index contributed by atoms with van der Waals surface area (Å²) in [4.78, 5) is 2.44. The fourth-order valence-corrected chi connectivity index (χ4v) is 3.82. The van der Waals surface area contributed by atoms with E-state index in [1.807, 2.05) is 6.92 Å². The molecular formula is C16H25BrN2. The lowest BCUT2D eigenvalue weighted by Gasteiger charge is -2.38. The zero-order chi connectivity index (χ0) is 14.0. The Morgan fingerprint density at radius 3 is 2.58 bits per heavy atom. The lowest BCUT2D eigenvalue weighted by atomic mass is 9.85. The predicted octanol–water partition coefficient (Wildman–Crippen LogP) is 4.48. The number of nitrogens with two attached hydrogens (primary N) is 1. The zero-order valence-electron chi connectivity index (χ0n) is 12.2. The highest BCUT2D eigenvalue weighted by Gasteiger charge is 2.26. The van der Waals surface area contributed by atoms with Crippen LogP contribution in [0.1, 0.15) is 51.1 Å². The van der Waals surface area contributed by atoms with Gasteiger partial charge in [0.25, 0.3) is 0 Å². The first kappa shape index (κ1) is 14.9. The first-order valence-corrected chi connectivity index (χ1v) is 8.08. The molecule has 2 unspecified atom stereocenters. The molecule has 1 fully saturated rings. The van der Waals surface area contributed by atoms with Gasteiger partial charge in [0.15, 0.2) is 0 Å². The first-order chi connectivity index (χ1) is 9.00. The predicted molar refractivity (Wildman–Crippen MR) is 86.6 cm³/mol. The molecule has 0 bridgehead atoms. The SMILES string of the molecule is CC1CCCCC1N(C)c1ccc([C@@H](C)N)cc1Br. The largest absolute Gasteiger partial charge is 0.370 e. The van der Waals surface area contributed by atoms with Crippen molar-refractivity contribution in [2.24, 2.45) is 11.7 Å². The van der Waals surface area contributed by atoms with E-state index in [1.165, 1.54) is 36.9 Å². The van der Waals surface area contributed by atoms with Gasteiger partial charge >= 0.3 is 0 Å². The standard InChI is InChI=1S/C16H25BrN2/c1-11-6-4-5-7-15(11)19(3)16-9-8-13(12(2)18)10-14(16)17/h8-12,15H,4-7,18H2,1-3H3/t11?,12-,15?/m1/s1. The maximum absolute atomic E-state index is 5.94. The maximum Gasteiger partial charge on any atom is 0.0510 e. The third kappa shape index (κ3) is 3.32. The van der Waals surface area contributed by atoms with Crippen molar-refractivity contribution >= 4 is 21.6 Å². The third-order valence-corrected chi connectivity index (χ3v) is 5.08. The van der Waals surface area contributed by atoms with Gasteiger partial charge in [-0.05, 0) is 59.3 Å². The van der Waals surface area contributed by atoms with Crippen LogP contribution >= 0.6 is 15.9 Å². The minimum atomic E-state index is 0.0873. The summed E-state index contributed by atoms with van der Waals surface area (Å²) in [6, 6.07) is 7.25. The van der Waals surface area contributed by atoms with E-state index in [4.69, 9.17) is 5.73 Å². The van der Waals surface area contributed by atoms with E-state index in [9.17, 15) is 0 Å². The van der Waals surface area contributed by atoms with E-state index < -0.39 is 0 Å². The van der Waals surface area contributed by atoms with Crippen molar-refractivity contribution in [3.8, 4) is 0 Å². The molecule has 106 valence electrons. The number of hydrogen-bond donors (Lipinski definition) is 1. The topological polar surface area (TPSA) is 29.3 Å². The highest BCUT2D eigenvalue weighted by atomic mass is 79.9. The lowest BCUT2D eigenvalue weighted by Crippen LogP contribution is -2.39. The van der Waals surface area contributed by atoms with Gasteiger partial charge in [0, 0.05) is 23.6 Å². The van der Waals surface area contributed by atoms with Crippen molar-refractivity contribution in [1.29, 1.82) is 0 Å². The van der Waals surface area contributed by atoms with Crippen LogP contribution < -0.4 is 10.6 Å². The molecule has 19 heavy (non-hydrogen) atoms. The highest BCUT2D eigenvalue weighted by molar-refractivity contribution is 9.10. The van der Waals surface area contributed by atoms with Crippen molar-refractivity contribution in [2.75, 3.05) is 11.9 Å². The quantitative estimate of drug-likeness (QED) is 0.887. The summed E-state index contributed by atoms with van der Waals surface area (Å²) in [5.41, 5.74) is 8.40. The van der Waals surface area contributed by atoms with Crippen LogP contribution in [0.5, 0.6) is 0 Å². The van der Waals surface area contributed by atoms with Crippen LogP contribution in [0.3, 0.4) is 0 Å². The molecule has 0 heterocycles. The highest BCUT2D eigenvalue weighted by Crippen LogP contribution is 2.34.